The van der Waals surface area contributed by atoms with Crippen molar-refractivity contribution in [3.05, 3.63) is 71.1 Å². The summed E-state index contributed by atoms with van der Waals surface area (Å²) < 4.78 is 0. The molecule has 2 aromatic rings. The van der Waals surface area contributed by atoms with Crippen molar-refractivity contribution in [2.75, 3.05) is 0 Å². The summed E-state index contributed by atoms with van der Waals surface area (Å²) in [4.78, 5) is 9.66. The maximum absolute atomic E-state index is 9.66. The van der Waals surface area contributed by atoms with Gasteiger partial charge < -0.3 is 15.6 Å². The summed E-state index contributed by atoms with van der Waals surface area (Å²) in [6.45, 7) is 0. The van der Waals surface area contributed by atoms with E-state index in [1.54, 1.807) is 30.3 Å². The maximum atomic E-state index is 9.66. The second-order valence-electron chi connectivity index (χ2n) is 3.62. The Morgan fingerprint density at radius 2 is 1.70 bits per heavy atom. The summed E-state index contributed by atoms with van der Waals surface area (Å²) in [6.07, 6.45) is 1.45. The number of para-hydroxylation sites is 1. The average molecular weight is 332 g/mol. The normalized spacial score (nSPS) is 9.65. The third-order valence-corrected chi connectivity index (χ3v) is 2.34. The zero-order valence-electron chi connectivity index (χ0n) is 10.4. The number of rotatable bonds is 3. The van der Waals surface area contributed by atoms with Gasteiger partial charge in [-0.15, -0.1) is 0 Å². The molecule has 0 saturated carbocycles. The second kappa shape index (κ2) is 9.15. The Morgan fingerprint density at radius 3 is 2.35 bits per heavy atom. The van der Waals surface area contributed by atoms with Crippen molar-refractivity contribution in [1.29, 1.82) is 0 Å². The Hall–Kier alpha value is -1.81. The molecule has 1 amide bonds. The van der Waals surface area contributed by atoms with E-state index in [0.29, 0.717) is 16.9 Å². The number of hydrogen-bond donors (Lipinski definition) is 0. The Bertz CT molecular complexity index is 576. The second-order valence-corrected chi connectivity index (χ2v) is 3.62. The fourth-order valence-corrected chi connectivity index (χ4v) is 1.40. The van der Waals surface area contributed by atoms with Crippen molar-refractivity contribution in [1.82, 2.24) is 0 Å². The predicted molar refractivity (Wildman–Crippen MR) is 78.8 cm³/mol. The molecule has 2 aromatic carbocycles. The molecule has 0 fully saturated rings. The summed E-state index contributed by atoms with van der Waals surface area (Å²) in [5.41, 5.74) is 4.95. The van der Waals surface area contributed by atoms with Crippen LogP contribution in [0.1, 0.15) is 11.1 Å². The number of carbonyl (C=O) groups excluding carboxylic acids is 1. The standard InChI is InChI=1S/C14H12N2O2.ClH.Mn/c17-13-9-5-4-8-12(13)10-15-16-14(18)11-6-2-1-3-7-11;;/h1-10H,(H2,15,16,17,18);1H;/q;;+2. The van der Waals surface area contributed by atoms with E-state index in [2.05, 4.69) is 35.7 Å². The van der Waals surface area contributed by atoms with Gasteiger partial charge in [0.1, 0.15) is 0 Å². The molecule has 20 heavy (non-hydrogen) atoms. The van der Waals surface area contributed by atoms with Crippen molar-refractivity contribution < 1.29 is 25.0 Å². The van der Waals surface area contributed by atoms with Gasteiger partial charge in [0.05, 0.1) is 11.1 Å². The van der Waals surface area contributed by atoms with E-state index >= 15 is 0 Å². The first kappa shape index (κ1) is 16.2. The van der Waals surface area contributed by atoms with Gasteiger partial charge in [-0.05, 0) is 18.2 Å². The van der Waals surface area contributed by atoms with Gasteiger partial charge in [0, 0.05) is 12.3 Å². The van der Waals surface area contributed by atoms with Crippen LogP contribution in [0.4, 0.5) is 0 Å². The summed E-state index contributed by atoms with van der Waals surface area (Å²) in [6, 6.07) is 16.0. The van der Waals surface area contributed by atoms with Crippen LogP contribution in [-0.4, -0.2) is 22.0 Å². The van der Waals surface area contributed by atoms with Crippen molar-refractivity contribution in [3.8, 4) is 5.75 Å². The molecule has 103 valence electrons. The van der Waals surface area contributed by atoms with Crippen molar-refractivity contribution in [3.63, 3.8) is 0 Å². The molecule has 0 spiro atoms. The first-order valence-electron chi connectivity index (χ1n) is 5.57. The maximum Gasteiger partial charge on any atom is 0.275 e. The van der Waals surface area contributed by atoms with Gasteiger partial charge in [-0.2, -0.15) is 0 Å². The summed E-state index contributed by atoms with van der Waals surface area (Å²) in [5, 5.41) is 11.4. The monoisotopic (exact) mass is 331 g/mol. The van der Waals surface area contributed by atoms with Crippen LogP contribution in [-0.2, 0) is 15.1 Å². The van der Waals surface area contributed by atoms with Gasteiger partial charge in [0.15, 0.2) is 0 Å². The Balaban J connectivity index is 0.000000956. The van der Waals surface area contributed by atoms with Crippen LogP contribution in [0.2, 0.25) is 0 Å². The molecule has 0 saturated heterocycles. The summed E-state index contributed by atoms with van der Waals surface area (Å²) >= 11 is 2.41. The molecule has 0 aromatic heterocycles. The molecule has 6 heteroatoms. The first-order chi connectivity index (χ1) is 9.77. The van der Waals surface area contributed by atoms with Gasteiger partial charge in [0.25, 0.3) is 11.7 Å². The van der Waals surface area contributed by atoms with Gasteiger partial charge >= 0.3 is 25.2 Å². The minimum absolute atomic E-state index is 0.144. The Kier molecular flexibility index (Phi) is 7.43. The van der Waals surface area contributed by atoms with Crippen LogP contribution < -0.4 is 0 Å². The van der Waals surface area contributed by atoms with Crippen molar-refractivity contribution in [2.45, 2.75) is 0 Å². The van der Waals surface area contributed by atoms with Crippen LogP contribution in [0.3, 0.4) is 0 Å². The van der Waals surface area contributed by atoms with Gasteiger partial charge in [-0.25, -0.2) is 0 Å². The zero-order valence-corrected chi connectivity index (χ0v) is 12.3. The number of halogens is 1. The minimum atomic E-state index is -0.144. The van der Waals surface area contributed by atoms with E-state index in [1.807, 2.05) is 24.3 Å². The van der Waals surface area contributed by atoms with E-state index in [0.717, 1.165) is 0 Å². The SMILES string of the molecule is [Cl][Mn+].[OH+]=C([N-]N=Cc1ccccc1[OH2+])c1ccccc1. The number of nitrogens with zero attached hydrogens (tertiary/aromatic N) is 2. The summed E-state index contributed by atoms with van der Waals surface area (Å²) in [7, 11) is 4.45. The quantitative estimate of drug-likeness (QED) is 0.359. The van der Waals surface area contributed by atoms with Crippen LogP contribution in [0.5, 0.6) is 5.75 Å². The minimum Gasteiger partial charge on any atom is -0.593 e. The number of hydrogen-bond acceptors (Lipinski definition) is 1. The first-order valence-corrected chi connectivity index (χ1v) is 7.20. The molecule has 0 heterocycles. The van der Waals surface area contributed by atoms with E-state index in [9.17, 15) is 4.79 Å². The van der Waals surface area contributed by atoms with Crippen LogP contribution in [0.25, 0.3) is 5.43 Å². The molecular weight excluding hydrogens is 319 g/mol. The molecule has 0 atom stereocenters. The molecule has 2 rings (SSSR count). The summed E-state index contributed by atoms with van der Waals surface area (Å²) in [5.74, 6) is 0.227. The molecule has 0 unspecified atom stereocenters. The van der Waals surface area contributed by atoms with Crippen molar-refractivity contribution >= 4 is 22.2 Å². The topological polar surface area (TPSA) is 70.8 Å². The Labute approximate surface area is 129 Å². The molecule has 0 radical (unpaired) electrons. The van der Waals surface area contributed by atoms with E-state index in [4.69, 9.17) is 5.11 Å². The molecule has 3 N–H and O–H groups in total. The van der Waals surface area contributed by atoms with Gasteiger partial charge in [0.2, 0.25) is 0 Å². The van der Waals surface area contributed by atoms with E-state index in [-0.39, 0.29) is 5.91 Å². The zero-order chi connectivity index (χ0) is 14.8. The predicted octanol–water partition coefficient (Wildman–Crippen LogP) is 3.07. The number of benzene rings is 2. The smallest absolute Gasteiger partial charge is 0.275 e. The van der Waals surface area contributed by atoms with Gasteiger partial charge in [-0.1, -0.05) is 30.3 Å². The molecule has 0 aliphatic carbocycles. The fraction of sp³-hybridized carbons (Fsp3) is 0. The van der Waals surface area contributed by atoms with Gasteiger partial charge in [-0.3, -0.25) is 4.79 Å². The molecule has 4 nitrogen and oxygen atoms in total. The van der Waals surface area contributed by atoms with E-state index < -0.39 is 0 Å². The molecule has 0 aliphatic heterocycles. The van der Waals surface area contributed by atoms with Crippen LogP contribution in [0, 0.1) is 0 Å². The third kappa shape index (κ3) is 5.05. The average Bonchev–Trinajstić information content (AvgIpc) is 2.52. The molecule has 0 bridgehead atoms. The largest absolute Gasteiger partial charge is 0.593 e. The fourth-order valence-electron chi connectivity index (χ4n) is 1.40. The van der Waals surface area contributed by atoms with Crippen LogP contribution in [0.15, 0.2) is 59.7 Å². The molecular formula is C14H13ClMnN2O2+2. The van der Waals surface area contributed by atoms with Crippen molar-refractivity contribution in [2.24, 2.45) is 5.10 Å². The Morgan fingerprint density at radius 1 is 1.10 bits per heavy atom. The third-order valence-electron chi connectivity index (χ3n) is 2.34. The van der Waals surface area contributed by atoms with E-state index in [1.165, 1.54) is 6.21 Å². The van der Waals surface area contributed by atoms with Crippen LogP contribution >= 0.6 is 10.1 Å². The number of amides is 1. The molecule has 0 aliphatic rings.